The molecule has 0 aromatic heterocycles. The summed E-state index contributed by atoms with van der Waals surface area (Å²) in [6.07, 6.45) is 6.14. The Kier molecular flexibility index (Phi) is 1.56. The van der Waals surface area contributed by atoms with E-state index >= 15 is 0 Å². The topological polar surface area (TPSA) is 0 Å². The van der Waals surface area contributed by atoms with Crippen LogP contribution in [0.15, 0.2) is 0 Å². The number of rotatable bonds is 0. The van der Waals surface area contributed by atoms with E-state index in [0.717, 1.165) is 0 Å². The second-order valence-corrected chi connectivity index (χ2v) is 4.02. The highest BCUT2D eigenvalue weighted by atomic mass is 27.0. The molecule has 1 saturated carbocycles. The summed E-state index contributed by atoms with van der Waals surface area (Å²) in [6, 6.07) is 0. The molecule has 34 valence electrons. The van der Waals surface area contributed by atoms with Crippen LogP contribution in [0.3, 0.4) is 0 Å². The molecule has 0 unspecified atom stereocenters. The van der Waals surface area contributed by atoms with E-state index in [1.54, 1.807) is 12.8 Å². The van der Waals surface area contributed by atoms with Gasteiger partial charge in [-0.05, 0) is 0 Å². The van der Waals surface area contributed by atoms with Crippen molar-refractivity contribution in [3.05, 3.63) is 0 Å². The maximum Gasteiger partial charge on any atom is 0.216 e. The van der Waals surface area contributed by atoms with Gasteiger partial charge >= 0.3 is 0 Å². The van der Waals surface area contributed by atoms with Gasteiger partial charge in [-0.1, -0.05) is 30.5 Å². The first kappa shape index (κ1) is 4.69. The normalized spacial score (nSPS) is 25.3. The molecule has 1 fully saturated rings. The van der Waals surface area contributed by atoms with Gasteiger partial charge in [0.15, 0.2) is 0 Å². The van der Waals surface area contributed by atoms with Crippen LogP contribution in [-0.4, -0.2) is 16.3 Å². The molecule has 0 spiro atoms. The molecule has 1 rings (SSSR count). The molecule has 0 bridgehead atoms. The van der Waals surface area contributed by atoms with Gasteiger partial charge in [-0.3, -0.25) is 0 Å². The van der Waals surface area contributed by atoms with Crippen LogP contribution in [-0.2, 0) is 0 Å². The largest absolute Gasteiger partial charge is 0.216 e. The molecule has 0 aromatic carbocycles. The van der Waals surface area contributed by atoms with Crippen molar-refractivity contribution < 1.29 is 0 Å². The molecule has 6 heavy (non-hydrogen) atoms. The average molecular weight is 98.1 g/mol. The van der Waals surface area contributed by atoms with Crippen LogP contribution in [0.25, 0.3) is 0 Å². The van der Waals surface area contributed by atoms with Gasteiger partial charge in [-0.2, -0.15) is 0 Å². The number of hydrogen-bond acceptors (Lipinski definition) is 0. The minimum absolute atomic E-state index is 1.19. The summed E-state index contributed by atoms with van der Waals surface area (Å²) < 4.78 is 1.19. The molecule has 0 amide bonds. The highest BCUT2D eigenvalue weighted by Gasteiger charge is 2.07. The maximum atomic E-state index is 1.55. The second kappa shape index (κ2) is 2.00. The van der Waals surface area contributed by atoms with Crippen LogP contribution in [0.4, 0.5) is 0 Å². The van der Waals surface area contributed by atoms with Crippen molar-refractivity contribution in [3.63, 3.8) is 0 Å². The zero-order valence-corrected chi connectivity index (χ0v) is 6.41. The molecule has 0 aliphatic heterocycles. The summed E-state index contributed by atoms with van der Waals surface area (Å²) in [5, 5.41) is 0. The molecule has 1 aliphatic carbocycles. The third kappa shape index (κ3) is 0.997. The minimum Gasteiger partial charge on any atom is -0.0901 e. The Balaban J connectivity index is 2.18. The van der Waals surface area contributed by atoms with Crippen molar-refractivity contribution in [1.82, 2.24) is 0 Å². The van der Waals surface area contributed by atoms with E-state index < -0.39 is 0 Å². The van der Waals surface area contributed by atoms with Crippen LogP contribution in [0, 0.1) is 0 Å². The lowest BCUT2D eigenvalue weighted by Crippen LogP contribution is -1.77. The van der Waals surface area contributed by atoms with E-state index in [0.29, 0.717) is 0 Å². The summed E-state index contributed by atoms with van der Waals surface area (Å²) in [5.74, 6) is 0. The molecule has 0 aromatic rings. The maximum absolute atomic E-state index is 1.55. The molecule has 1 aliphatic rings. The van der Waals surface area contributed by atoms with Crippen molar-refractivity contribution in [2.24, 2.45) is 0 Å². The predicted octanol–water partition coefficient (Wildman–Crippen LogP) is 0.982. The lowest BCUT2D eigenvalue weighted by molar-refractivity contribution is 0.880. The summed E-state index contributed by atoms with van der Waals surface area (Å²) in [5.41, 5.74) is 0. The monoisotopic (exact) mass is 98.1 g/mol. The molecule has 0 nitrogen and oxygen atoms in total. The fourth-order valence-corrected chi connectivity index (χ4v) is 1.95. The van der Waals surface area contributed by atoms with Crippen LogP contribution in [0.2, 0.25) is 4.78 Å². The molecule has 0 saturated heterocycles. The van der Waals surface area contributed by atoms with Crippen molar-refractivity contribution in [3.8, 4) is 0 Å². The lowest BCUT2D eigenvalue weighted by atomic mass is 10.4. The molecular weight excluding hydrogens is 87.0 g/mol. The SMILES string of the molecule is [AlH2][CH]1CCCC1. The molecule has 0 radical (unpaired) electrons. The summed E-state index contributed by atoms with van der Waals surface area (Å²) in [6.45, 7) is 0. The molecular formula is C5H11Al. The highest BCUT2D eigenvalue weighted by Crippen LogP contribution is 2.26. The summed E-state index contributed by atoms with van der Waals surface area (Å²) >= 11 is 1.45. The van der Waals surface area contributed by atoms with Crippen molar-refractivity contribution >= 4 is 16.3 Å². The van der Waals surface area contributed by atoms with Gasteiger partial charge in [0.1, 0.15) is 0 Å². The van der Waals surface area contributed by atoms with E-state index in [9.17, 15) is 0 Å². The fraction of sp³-hybridized carbons (Fsp3) is 1.00. The van der Waals surface area contributed by atoms with Crippen LogP contribution < -0.4 is 0 Å². The van der Waals surface area contributed by atoms with E-state index in [-0.39, 0.29) is 0 Å². The first-order valence-electron chi connectivity index (χ1n) is 2.89. The average Bonchev–Trinajstić information content (AvgIpc) is 1.86. The molecule has 0 heterocycles. The second-order valence-electron chi connectivity index (χ2n) is 2.39. The van der Waals surface area contributed by atoms with Crippen molar-refractivity contribution in [1.29, 1.82) is 0 Å². The summed E-state index contributed by atoms with van der Waals surface area (Å²) in [4.78, 5) is 0. The fourth-order valence-electron chi connectivity index (χ4n) is 1.13. The highest BCUT2D eigenvalue weighted by molar-refractivity contribution is 6.11. The number of hydrogen-bond donors (Lipinski definition) is 0. The predicted molar refractivity (Wildman–Crippen MR) is 30.8 cm³/mol. The van der Waals surface area contributed by atoms with Gasteiger partial charge in [0.2, 0.25) is 16.3 Å². The first-order chi connectivity index (χ1) is 2.89. The Bertz CT molecular complexity index is 37.2. The van der Waals surface area contributed by atoms with E-state index in [1.165, 1.54) is 33.9 Å². The molecule has 1 heteroatoms. The standard InChI is InChI=1S/C5H9.Al.2H/c1-2-4-5-3-1;;;/h1H,2-5H2;;;. The van der Waals surface area contributed by atoms with Gasteiger partial charge in [0, 0.05) is 0 Å². The molecule has 0 atom stereocenters. The third-order valence-electron chi connectivity index (χ3n) is 1.64. The minimum atomic E-state index is 1.19. The smallest absolute Gasteiger partial charge is 0.0901 e. The van der Waals surface area contributed by atoms with Crippen LogP contribution in [0.1, 0.15) is 25.7 Å². The van der Waals surface area contributed by atoms with Gasteiger partial charge in [0.05, 0.1) is 0 Å². The van der Waals surface area contributed by atoms with E-state index in [1.807, 2.05) is 0 Å². The zero-order chi connectivity index (χ0) is 4.41. The third-order valence-corrected chi connectivity index (χ3v) is 2.80. The Morgan fingerprint density at radius 1 is 1.17 bits per heavy atom. The first-order valence-corrected chi connectivity index (χ1v) is 4.05. The quantitative estimate of drug-likeness (QED) is 0.396. The van der Waals surface area contributed by atoms with Crippen molar-refractivity contribution in [2.75, 3.05) is 0 Å². The lowest BCUT2D eigenvalue weighted by Gasteiger charge is -1.90. The van der Waals surface area contributed by atoms with E-state index in [4.69, 9.17) is 0 Å². The van der Waals surface area contributed by atoms with Gasteiger partial charge < -0.3 is 0 Å². The Hall–Kier alpha value is 0.532. The Morgan fingerprint density at radius 3 is 1.83 bits per heavy atom. The van der Waals surface area contributed by atoms with Crippen LogP contribution in [0.5, 0.6) is 0 Å². The Labute approximate surface area is 47.4 Å². The zero-order valence-electron chi connectivity index (χ0n) is 4.41. The molecule has 0 N–H and O–H groups in total. The van der Waals surface area contributed by atoms with E-state index in [2.05, 4.69) is 0 Å². The Morgan fingerprint density at radius 2 is 1.67 bits per heavy atom. The van der Waals surface area contributed by atoms with Crippen LogP contribution >= 0.6 is 0 Å². The van der Waals surface area contributed by atoms with Gasteiger partial charge in [-0.25, -0.2) is 0 Å². The van der Waals surface area contributed by atoms with Crippen molar-refractivity contribution in [2.45, 2.75) is 30.5 Å². The summed E-state index contributed by atoms with van der Waals surface area (Å²) in [7, 11) is 0. The van der Waals surface area contributed by atoms with Gasteiger partial charge in [0.25, 0.3) is 0 Å². The van der Waals surface area contributed by atoms with Gasteiger partial charge in [-0.15, -0.1) is 0 Å².